The van der Waals surface area contributed by atoms with E-state index in [4.69, 9.17) is 5.11 Å². The number of hydrogen-bond acceptors (Lipinski definition) is 1. The van der Waals surface area contributed by atoms with E-state index in [2.05, 4.69) is 12.1 Å². The summed E-state index contributed by atoms with van der Waals surface area (Å²) in [6.07, 6.45) is 5.61. The minimum atomic E-state index is -0.777. The number of benzene rings is 1. The topological polar surface area (TPSA) is 37.3 Å². The van der Waals surface area contributed by atoms with E-state index < -0.39 is 5.97 Å². The number of carboxylic acid groups (broad SMARTS) is 1. The summed E-state index contributed by atoms with van der Waals surface area (Å²) in [7, 11) is 0. The Morgan fingerprint density at radius 2 is 1.93 bits per heavy atom. The van der Waals surface area contributed by atoms with E-state index in [1.165, 1.54) is 5.56 Å². The monoisotopic (exact) mass is 190 g/mol. The van der Waals surface area contributed by atoms with E-state index in [-0.39, 0.29) is 6.42 Å². The molecule has 0 fully saturated rings. The fraction of sp³-hybridized carbons (Fsp3) is 0.250. The van der Waals surface area contributed by atoms with Crippen molar-refractivity contribution in [3.8, 4) is 0 Å². The van der Waals surface area contributed by atoms with Crippen molar-refractivity contribution in [1.29, 1.82) is 0 Å². The van der Waals surface area contributed by atoms with Crippen molar-refractivity contribution >= 4 is 5.97 Å². The van der Waals surface area contributed by atoms with Crippen molar-refractivity contribution in [1.82, 2.24) is 0 Å². The van der Waals surface area contributed by atoms with Crippen LogP contribution in [0.3, 0.4) is 0 Å². The minimum Gasteiger partial charge on any atom is -0.481 e. The van der Waals surface area contributed by atoms with Crippen molar-refractivity contribution in [2.45, 2.75) is 19.3 Å². The molecule has 0 radical (unpaired) electrons. The molecule has 0 saturated carbocycles. The van der Waals surface area contributed by atoms with Crippen LogP contribution in [0.1, 0.15) is 18.4 Å². The average Bonchev–Trinajstić information content (AvgIpc) is 2.18. The van der Waals surface area contributed by atoms with Crippen molar-refractivity contribution in [3.63, 3.8) is 0 Å². The van der Waals surface area contributed by atoms with Crippen LogP contribution in [0.2, 0.25) is 0 Å². The Labute approximate surface area is 83.9 Å². The maximum absolute atomic E-state index is 10.2. The standard InChI is InChI=1S/C12H14O2/c13-12(14)10-6-2-5-9-11-7-3-1-4-8-11/h1-4,6-8H,5,9-10H2,(H,13,14)/b6-2+. The summed E-state index contributed by atoms with van der Waals surface area (Å²) >= 11 is 0. The van der Waals surface area contributed by atoms with Gasteiger partial charge in [0.05, 0.1) is 6.42 Å². The predicted octanol–water partition coefficient (Wildman–Crippen LogP) is 2.65. The van der Waals surface area contributed by atoms with Gasteiger partial charge in [0, 0.05) is 0 Å². The third-order valence-electron chi connectivity index (χ3n) is 1.90. The van der Waals surface area contributed by atoms with Crippen molar-refractivity contribution in [3.05, 3.63) is 48.0 Å². The lowest BCUT2D eigenvalue weighted by atomic mass is 10.1. The molecule has 0 bridgehead atoms. The van der Waals surface area contributed by atoms with Crippen LogP contribution in [0.5, 0.6) is 0 Å². The highest BCUT2D eigenvalue weighted by Crippen LogP contribution is 2.02. The van der Waals surface area contributed by atoms with Crippen LogP contribution in [-0.4, -0.2) is 11.1 Å². The fourth-order valence-electron chi connectivity index (χ4n) is 1.20. The molecule has 2 nitrogen and oxygen atoms in total. The molecule has 74 valence electrons. The van der Waals surface area contributed by atoms with E-state index in [0.717, 1.165) is 12.8 Å². The van der Waals surface area contributed by atoms with E-state index in [0.29, 0.717) is 0 Å². The van der Waals surface area contributed by atoms with Gasteiger partial charge in [0.25, 0.3) is 0 Å². The zero-order valence-corrected chi connectivity index (χ0v) is 8.02. The average molecular weight is 190 g/mol. The Kier molecular flexibility index (Phi) is 4.48. The van der Waals surface area contributed by atoms with E-state index in [1.54, 1.807) is 6.08 Å². The molecule has 0 spiro atoms. The number of aliphatic carboxylic acids is 1. The summed E-state index contributed by atoms with van der Waals surface area (Å²) < 4.78 is 0. The van der Waals surface area contributed by atoms with Crippen LogP contribution in [-0.2, 0) is 11.2 Å². The van der Waals surface area contributed by atoms with Crippen LogP contribution in [0.4, 0.5) is 0 Å². The molecule has 14 heavy (non-hydrogen) atoms. The van der Waals surface area contributed by atoms with Gasteiger partial charge in [0.1, 0.15) is 0 Å². The van der Waals surface area contributed by atoms with Crippen molar-refractivity contribution < 1.29 is 9.90 Å². The second kappa shape index (κ2) is 5.97. The van der Waals surface area contributed by atoms with Crippen molar-refractivity contribution in [2.24, 2.45) is 0 Å². The van der Waals surface area contributed by atoms with E-state index in [9.17, 15) is 4.79 Å². The minimum absolute atomic E-state index is 0.120. The number of carbonyl (C=O) groups is 1. The molecule has 1 N–H and O–H groups in total. The molecular weight excluding hydrogens is 176 g/mol. The molecule has 2 heteroatoms. The summed E-state index contributed by atoms with van der Waals surface area (Å²) in [5.74, 6) is -0.777. The Morgan fingerprint density at radius 3 is 2.57 bits per heavy atom. The Bertz CT molecular complexity index is 301. The first-order chi connectivity index (χ1) is 6.79. The molecule has 0 aliphatic carbocycles. The van der Waals surface area contributed by atoms with Gasteiger partial charge in [-0.25, -0.2) is 0 Å². The molecular formula is C12H14O2. The van der Waals surface area contributed by atoms with Gasteiger partial charge >= 0.3 is 5.97 Å². The third kappa shape index (κ3) is 4.45. The zero-order chi connectivity index (χ0) is 10.2. The number of allylic oxidation sites excluding steroid dienone is 1. The highest BCUT2D eigenvalue weighted by Gasteiger charge is 1.90. The normalized spacial score (nSPS) is 10.6. The van der Waals surface area contributed by atoms with Gasteiger partial charge in [0.2, 0.25) is 0 Å². The first kappa shape index (κ1) is 10.5. The molecule has 0 unspecified atom stereocenters. The number of carboxylic acids is 1. The van der Waals surface area contributed by atoms with E-state index in [1.807, 2.05) is 24.3 Å². The largest absolute Gasteiger partial charge is 0.481 e. The summed E-state index contributed by atoms with van der Waals surface area (Å²) in [4.78, 5) is 10.2. The van der Waals surface area contributed by atoms with Gasteiger partial charge in [-0.1, -0.05) is 42.5 Å². The molecule has 0 amide bonds. The maximum atomic E-state index is 10.2. The Hall–Kier alpha value is -1.57. The van der Waals surface area contributed by atoms with Crippen LogP contribution in [0.15, 0.2) is 42.5 Å². The van der Waals surface area contributed by atoms with Gasteiger partial charge in [0.15, 0.2) is 0 Å². The SMILES string of the molecule is O=C(O)C/C=C/CCc1ccccc1. The van der Waals surface area contributed by atoms with Gasteiger partial charge in [-0.3, -0.25) is 4.79 Å². The highest BCUT2D eigenvalue weighted by molar-refractivity contribution is 5.68. The molecule has 0 aliphatic rings. The summed E-state index contributed by atoms with van der Waals surface area (Å²) in [5.41, 5.74) is 1.28. The molecule has 0 heterocycles. The van der Waals surface area contributed by atoms with Crippen LogP contribution in [0, 0.1) is 0 Å². The molecule has 0 aliphatic heterocycles. The number of hydrogen-bond donors (Lipinski definition) is 1. The lowest BCUT2D eigenvalue weighted by Gasteiger charge is -1.95. The lowest BCUT2D eigenvalue weighted by molar-refractivity contribution is -0.136. The molecule has 1 aromatic carbocycles. The van der Waals surface area contributed by atoms with Gasteiger partial charge in [-0.15, -0.1) is 0 Å². The second-order valence-electron chi connectivity index (χ2n) is 3.09. The number of aryl methyl sites for hydroxylation is 1. The van der Waals surface area contributed by atoms with E-state index >= 15 is 0 Å². The summed E-state index contributed by atoms with van der Waals surface area (Å²) in [5, 5.41) is 8.38. The summed E-state index contributed by atoms with van der Waals surface area (Å²) in [6.45, 7) is 0. The maximum Gasteiger partial charge on any atom is 0.307 e. The molecule has 0 atom stereocenters. The van der Waals surface area contributed by atoms with Gasteiger partial charge in [-0.05, 0) is 18.4 Å². The van der Waals surface area contributed by atoms with Crippen LogP contribution >= 0.6 is 0 Å². The summed E-state index contributed by atoms with van der Waals surface area (Å²) in [6, 6.07) is 10.2. The van der Waals surface area contributed by atoms with Gasteiger partial charge < -0.3 is 5.11 Å². The molecule has 0 aromatic heterocycles. The first-order valence-electron chi connectivity index (χ1n) is 4.70. The van der Waals surface area contributed by atoms with Gasteiger partial charge in [-0.2, -0.15) is 0 Å². The Morgan fingerprint density at radius 1 is 1.21 bits per heavy atom. The predicted molar refractivity (Wildman–Crippen MR) is 56.2 cm³/mol. The molecule has 1 aromatic rings. The quantitative estimate of drug-likeness (QED) is 0.725. The number of rotatable bonds is 5. The lowest BCUT2D eigenvalue weighted by Crippen LogP contribution is -1.89. The highest BCUT2D eigenvalue weighted by atomic mass is 16.4. The zero-order valence-electron chi connectivity index (χ0n) is 8.02. The first-order valence-corrected chi connectivity index (χ1v) is 4.70. The molecule has 1 rings (SSSR count). The van der Waals surface area contributed by atoms with Crippen LogP contribution in [0.25, 0.3) is 0 Å². The Balaban J connectivity index is 2.22. The molecule has 0 saturated heterocycles. The van der Waals surface area contributed by atoms with Crippen molar-refractivity contribution in [2.75, 3.05) is 0 Å². The fourth-order valence-corrected chi connectivity index (χ4v) is 1.20. The second-order valence-corrected chi connectivity index (χ2v) is 3.09. The third-order valence-corrected chi connectivity index (χ3v) is 1.90. The van der Waals surface area contributed by atoms with Crippen LogP contribution < -0.4 is 0 Å². The smallest absolute Gasteiger partial charge is 0.307 e.